The van der Waals surface area contributed by atoms with E-state index < -0.39 is 6.10 Å². The minimum atomic E-state index is -0.780. The van der Waals surface area contributed by atoms with Crippen molar-refractivity contribution in [3.05, 3.63) is 60.8 Å². The lowest BCUT2D eigenvalue weighted by molar-refractivity contribution is -0.167. The van der Waals surface area contributed by atoms with Gasteiger partial charge < -0.3 is 14.2 Å². The molecule has 0 N–H and O–H groups in total. The molecule has 6 nitrogen and oxygen atoms in total. The number of esters is 3. The van der Waals surface area contributed by atoms with E-state index in [0.717, 1.165) is 116 Å². The summed E-state index contributed by atoms with van der Waals surface area (Å²) in [5, 5.41) is 0. The molecular weight excluding hydrogens is 949 g/mol. The van der Waals surface area contributed by atoms with Crippen LogP contribution in [0.25, 0.3) is 0 Å². The second-order valence-corrected chi connectivity index (χ2v) is 22.7. The Labute approximate surface area is 479 Å². The summed E-state index contributed by atoms with van der Waals surface area (Å²) in [6.07, 6.45) is 84.6. The number of hydrogen-bond donors (Lipinski definition) is 0. The average Bonchev–Trinajstić information content (AvgIpc) is 3.43. The van der Waals surface area contributed by atoms with E-state index in [2.05, 4.69) is 81.5 Å². The van der Waals surface area contributed by atoms with Crippen molar-refractivity contribution in [2.45, 2.75) is 361 Å². The number of ether oxygens (including phenoxy) is 3. The molecule has 0 heterocycles. The molecule has 0 fully saturated rings. The third-order valence-corrected chi connectivity index (χ3v) is 15.0. The van der Waals surface area contributed by atoms with Crippen LogP contribution in [-0.4, -0.2) is 37.2 Å². The molecule has 0 aliphatic rings. The second kappa shape index (κ2) is 65.6. The van der Waals surface area contributed by atoms with Gasteiger partial charge in [-0.3, -0.25) is 14.4 Å². The first-order valence-corrected chi connectivity index (χ1v) is 33.8. The first kappa shape index (κ1) is 74.1. The Morgan fingerprint density at radius 2 is 0.506 bits per heavy atom. The van der Waals surface area contributed by atoms with Gasteiger partial charge in [-0.25, -0.2) is 0 Å². The predicted molar refractivity (Wildman–Crippen MR) is 335 cm³/mol. The Morgan fingerprint density at radius 1 is 0.273 bits per heavy atom. The highest BCUT2D eigenvalue weighted by atomic mass is 16.6. The normalized spacial score (nSPS) is 12.4. The predicted octanol–water partition coefficient (Wildman–Crippen LogP) is 23.1. The number of unbranched alkanes of at least 4 members (excludes halogenated alkanes) is 41. The van der Waals surface area contributed by atoms with E-state index in [-0.39, 0.29) is 31.1 Å². The Kier molecular flexibility index (Phi) is 63.2. The Balaban J connectivity index is 3.93. The smallest absolute Gasteiger partial charge is 0.306 e. The topological polar surface area (TPSA) is 78.9 Å². The molecule has 448 valence electrons. The van der Waals surface area contributed by atoms with Crippen LogP contribution in [0.5, 0.6) is 0 Å². The molecule has 0 radical (unpaired) electrons. The first-order chi connectivity index (χ1) is 38.0. The average molecular weight is 1080 g/mol. The maximum Gasteiger partial charge on any atom is 0.306 e. The number of allylic oxidation sites excluding steroid dienone is 10. The van der Waals surface area contributed by atoms with Crippen molar-refractivity contribution in [1.29, 1.82) is 0 Å². The highest BCUT2D eigenvalue weighted by molar-refractivity contribution is 5.71. The molecule has 0 aliphatic carbocycles. The van der Waals surface area contributed by atoms with E-state index in [4.69, 9.17) is 14.2 Å². The van der Waals surface area contributed by atoms with Crippen molar-refractivity contribution in [2.24, 2.45) is 0 Å². The molecule has 0 amide bonds. The van der Waals surface area contributed by atoms with Gasteiger partial charge in [0.25, 0.3) is 0 Å². The summed E-state index contributed by atoms with van der Waals surface area (Å²) in [5.74, 6) is -0.898. The summed E-state index contributed by atoms with van der Waals surface area (Å²) in [6, 6.07) is 0. The van der Waals surface area contributed by atoms with Gasteiger partial charge in [0.15, 0.2) is 6.10 Å². The molecule has 0 saturated heterocycles. The quantitative estimate of drug-likeness (QED) is 0.0261. The molecule has 77 heavy (non-hydrogen) atoms. The first-order valence-electron chi connectivity index (χ1n) is 33.8. The lowest BCUT2D eigenvalue weighted by atomic mass is 10.0. The number of carbonyl (C=O) groups excluding carboxylic acids is 3. The van der Waals surface area contributed by atoms with Crippen LogP contribution in [0.4, 0.5) is 0 Å². The third-order valence-electron chi connectivity index (χ3n) is 15.0. The highest BCUT2D eigenvalue weighted by Crippen LogP contribution is 2.18. The Morgan fingerprint density at radius 3 is 0.792 bits per heavy atom. The van der Waals surface area contributed by atoms with Gasteiger partial charge in [-0.05, 0) is 64.2 Å². The van der Waals surface area contributed by atoms with Crippen LogP contribution in [-0.2, 0) is 28.6 Å². The van der Waals surface area contributed by atoms with Crippen LogP contribution >= 0.6 is 0 Å². The molecule has 0 aliphatic heterocycles. The summed E-state index contributed by atoms with van der Waals surface area (Å²) < 4.78 is 16.8. The maximum absolute atomic E-state index is 12.8. The van der Waals surface area contributed by atoms with Crippen LogP contribution in [0.2, 0.25) is 0 Å². The van der Waals surface area contributed by atoms with Gasteiger partial charge >= 0.3 is 17.9 Å². The minimum Gasteiger partial charge on any atom is -0.462 e. The van der Waals surface area contributed by atoms with Crippen molar-refractivity contribution in [3.63, 3.8) is 0 Å². The standard InChI is InChI=1S/C71H128O6/c1-4-7-10-13-15-17-19-21-23-25-27-29-30-31-32-33-34-35-36-37-38-39-40-42-43-45-47-49-51-53-55-58-61-64-70(73)76-67-68(66-75-69(72)63-60-57-12-9-6-3)77-71(74)65-62-59-56-54-52-50-48-46-44-41-28-26-24-22-20-18-16-14-11-8-5-2/h8,11,16,18,22,24,28,41,46,48,68H,4-7,9-10,12-15,17,19-21,23,25-27,29-40,42-45,47,49-67H2,1-3H3/b11-8-,18-16-,24-22-,41-28-,48-46-. The van der Waals surface area contributed by atoms with E-state index in [9.17, 15) is 14.4 Å². The molecule has 0 saturated carbocycles. The molecule has 0 spiro atoms. The van der Waals surface area contributed by atoms with Gasteiger partial charge in [-0.1, -0.05) is 332 Å². The van der Waals surface area contributed by atoms with E-state index >= 15 is 0 Å². The van der Waals surface area contributed by atoms with Crippen molar-refractivity contribution in [2.75, 3.05) is 13.2 Å². The number of carbonyl (C=O) groups is 3. The maximum atomic E-state index is 12.8. The largest absolute Gasteiger partial charge is 0.462 e. The summed E-state index contributed by atoms with van der Waals surface area (Å²) in [5.41, 5.74) is 0. The van der Waals surface area contributed by atoms with Crippen LogP contribution in [0.1, 0.15) is 355 Å². The molecule has 0 aromatic heterocycles. The SMILES string of the molecule is CC/C=C\C/C=C\C/C=C\C/C=C\C/C=C\CCCCCCCC(=O)OC(COC(=O)CCCCCCC)COC(=O)CCCCCCCCCCCCCCCCCCCCCCCCCCCCCCCCCCC. The number of hydrogen-bond acceptors (Lipinski definition) is 6. The minimum absolute atomic E-state index is 0.0796. The molecule has 6 heteroatoms. The van der Waals surface area contributed by atoms with Crippen LogP contribution in [0.3, 0.4) is 0 Å². The molecule has 0 aromatic carbocycles. The second-order valence-electron chi connectivity index (χ2n) is 22.7. The zero-order chi connectivity index (χ0) is 55.7. The lowest BCUT2D eigenvalue weighted by Crippen LogP contribution is -2.30. The van der Waals surface area contributed by atoms with Gasteiger partial charge in [0, 0.05) is 19.3 Å². The molecule has 0 bridgehead atoms. The van der Waals surface area contributed by atoms with E-state index in [1.807, 2.05) is 0 Å². The van der Waals surface area contributed by atoms with Crippen molar-refractivity contribution >= 4 is 17.9 Å². The monoisotopic (exact) mass is 1080 g/mol. The zero-order valence-corrected chi connectivity index (χ0v) is 51.5. The fourth-order valence-electron chi connectivity index (χ4n) is 10.0. The van der Waals surface area contributed by atoms with Gasteiger partial charge in [-0.15, -0.1) is 0 Å². The molecule has 1 unspecified atom stereocenters. The fourth-order valence-corrected chi connectivity index (χ4v) is 10.0. The van der Waals surface area contributed by atoms with E-state index in [1.165, 1.54) is 199 Å². The lowest BCUT2D eigenvalue weighted by Gasteiger charge is -2.18. The molecular formula is C71H128O6. The van der Waals surface area contributed by atoms with Crippen LogP contribution < -0.4 is 0 Å². The molecule has 1 atom stereocenters. The summed E-state index contributed by atoms with van der Waals surface area (Å²) in [6.45, 7) is 6.47. The summed E-state index contributed by atoms with van der Waals surface area (Å²) in [7, 11) is 0. The number of rotatable bonds is 62. The third kappa shape index (κ3) is 63.8. The van der Waals surface area contributed by atoms with Gasteiger partial charge in [-0.2, -0.15) is 0 Å². The van der Waals surface area contributed by atoms with E-state index in [0.29, 0.717) is 19.3 Å². The van der Waals surface area contributed by atoms with Crippen molar-refractivity contribution < 1.29 is 28.6 Å². The van der Waals surface area contributed by atoms with Gasteiger partial charge in [0.2, 0.25) is 0 Å². The highest BCUT2D eigenvalue weighted by Gasteiger charge is 2.19. The van der Waals surface area contributed by atoms with Crippen molar-refractivity contribution in [1.82, 2.24) is 0 Å². The summed E-state index contributed by atoms with van der Waals surface area (Å²) in [4.78, 5) is 37.9. The summed E-state index contributed by atoms with van der Waals surface area (Å²) >= 11 is 0. The molecule has 0 rings (SSSR count). The Hall–Kier alpha value is -2.89. The Bertz CT molecular complexity index is 1380. The molecule has 0 aromatic rings. The van der Waals surface area contributed by atoms with Crippen molar-refractivity contribution in [3.8, 4) is 0 Å². The van der Waals surface area contributed by atoms with Crippen LogP contribution in [0.15, 0.2) is 60.8 Å². The van der Waals surface area contributed by atoms with E-state index in [1.54, 1.807) is 0 Å². The zero-order valence-electron chi connectivity index (χ0n) is 51.5. The fraction of sp³-hybridized carbons (Fsp3) is 0.817. The van der Waals surface area contributed by atoms with Gasteiger partial charge in [0.1, 0.15) is 13.2 Å². The van der Waals surface area contributed by atoms with Gasteiger partial charge in [0.05, 0.1) is 0 Å². The van der Waals surface area contributed by atoms with Crippen LogP contribution in [0, 0.1) is 0 Å².